The van der Waals surface area contributed by atoms with Crippen molar-refractivity contribution in [3.63, 3.8) is 0 Å². The molecule has 1 unspecified atom stereocenters. The van der Waals surface area contributed by atoms with Crippen LogP contribution in [0.2, 0.25) is 0 Å². The van der Waals surface area contributed by atoms with E-state index in [1.807, 2.05) is 0 Å². The molecule has 0 saturated heterocycles. The van der Waals surface area contributed by atoms with Gasteiger partial charge in [-0.15, -0.1) is 0 Å². The van der Waals surface area contributed by atoms with E-state index in [9.17, 15) is 18.4 Å². The topological polar surface area (TPSA) is 110 Å². The van der Waals surface area contributed by atoms with Crippen LogP contribution in [0.3, 0.4) is 0 Å². The van der Waals surface area contributed by atoms with Crippen molar-refractivity contribution in [3.05, 3.63) is 53.7 Å². The highest BCUT2D eigenvalue weighted by atomic mass is 19.1. The zero-order chi connectivity index (χ0) is 15.4. The van der Waals surface area contributed by atoms with Gasteiger partial charge in [0.15, 0.2) is 12.1 Å². The number of hydrogen-bond acceptors (Lipinski definition) is 5. The molecule has 1 atom stereocenters. The molecule has 4 N–H and O–H groups in total. The normalized spacial score (nSPS) is 11.8. The first-order valence-corrected chi connectivity index (χ1v) is 5.67. The SMILES string of the molecule is NNC(=O)C(NC(=O)c1cocn1)c1ccc(F)cc1F. The molecular weight excluding hydrogens is 286 g/mol. The van der Waals surface area contributed by atoms with Crippen LogP contribution in [0, 0.1) is 11.6 Å². The Labute approximate surface area is 117 Å². The van der Waals surface area contributed by atoms with Gasteiger partial charge in [0.2, 0.25) is 0 Å². The molecule has 0 saturated carbocycles. The van der Waals surface area contributed by atoms with Gasteiger partial charge in [-0.1, -0.05) is 6.07 Å². The molecule has 0 fully saturated rings. The van der Waals surface area contributed by atoms with Crippen molar-refractivity contribution >= 4 is 11.8 Å². The van der Waals surface area contributed by atoms with E-state index in [1.54, 1.807) is 5.43 Å². The molecule has 110 valence electrons. The van der Waals surface area contributed by atoms with Gasteiger partial charge < -0.3 is 9.73 Å². The molecule has 0 bridgehead atoms. The number of oxazole rings is 1. The molecule has 2 aromatic rings. The second kappa shape index (κ2) is 6.09. The summed E-state index contributed by atoms with van der Waals surface area (Å²) in [5.41, 5.74) is 1.45. The lowest BCUT2D eigenvalue weighted by atomic mass is 10.1. The Hall–Kier alpha value is -2.81. The summed E-state index contributed by atoms with van der Waals surface area (Å²) in [5.74, 6) is 1.54. The third-order valence-corrected chi connectivity index (χ3v) is 2.62. The fraction of sp³-hybridized carbons (Fsp3) is 0.0833. The summed E-state index contributed by atoms with van der Waals surface area (Å²) in [6, 6.07) is 1.14. The van der Waals surface area contributed by atoms with Gasteiger partial charge in [0, 0.05) is 11.6 Å². The number of nitrogens with one attached hydrogen (secondary N) is 2. The van der Waals surface area contributed by atoms with Gasteiger partial charge >= 0.3 is 0 Å². The van der Waals surface area contributed by atoms with Crippen LogP contribution in [0.4, 0.5) is 8.78 Å². The Kier molecular flexibility index (Phi) is 4.24. The quantitative estimate of drug-likeness (QED) is 0.430. The van der Waals surface area contributed by atoms with Crippen LogP contribution in [0.25, 0.3) is 0 Å². The Balaban J connectivity index is 2.30. The van der Waals surface area contributed by atoms with Crippen LogP contribution in [0.5, 0.6) is 0 Å². The molecule has 21 heavy (non-hydrogen) atoms. The smallest absolute Gasteiger partial charge is 0.274 e. The molecule has 0 aliphatic heterocycles. The van der Waals surface area contributed by atoms with Crippen molar-refractivity contribution in [2.75, 3.05) is 0 Å². The average molecular weight is 296 g/mol. The second-order valence-electron chi connectivity index (χ2n) is 3.95. The van der Waals surface area contributed by atoms with Gasteiger partial charge in [0.05, 0.1) is 0 Å². The number of hydrazine groups is 1. The Morgan fingerprint density at radius 3 is 2.67 bits per heavy atom. The third-order valence-electron chi connectivity index (χ3n) is 2.62. The number of nitrogens with zero attached hydrogens (tertiary/aromatic N) is 1. The summed E-state index contributed by atoms with van der Waals surface area (Å²) < 4.78 is 31.3. The maximum atomic E-state index is 13.7. The summed E-state index contributed by atoms with van der Waals surface area (Å²) in [4.78, 5) is 27.1. The molecule has 0 radical (unpaired) electrons. The predicted molar refractivity (Wildman–Crippen MR) is 65.4 cm³/mol. The molecule has 1 aromatic carbocycles. The molecule has 7 nitrogen and oxygen atoms in total. The molecule has 1 heterocycles. The highest BCUT2D eigenvalue weighted by Crippen LogP contribution is 2.19. The maximum absolute atomic E-state index is 13.7. The molecule has 2 rings (SSSR count). The van der Waals surface area contributed by atoms with Crippen LogP contribution < -0.4 is 16.6 Å². The molecule has 0 spiro atoms. The van der Waals surface area contributed by atoms with Crippen molar-refractivity contribution in [1.29, 1.82) is 0 Å². The van der Waals surface area contributed by atoms with Crippen LogP contribution in [0.1, 0.15) is 22.1 Å². The van der Waals surface area contributed by atoms with Crippen LogP contribution in [-0.4, -0.2) is 16.8 Å². The second-order valence-corrected chi connectivity index (χ2v) is 3.95. The predicted octanol–water partition coefficient (Wildman–Crippen LogP) is 0.414. The fourth-order valence-corrected chi connectivity index (χ4v) is 1.63. The first kappa shape index (κ1) is 14.6. The van der Waals surface area contributed by atoms with E-state index in [0.717, 1.165) is 24.8 Å². The number of hydrogen-bond donors (Lipinski definition) is 3. The number of carbonyl (C=O) groups excluding carboxylic acids is 2. The van der Waals surface area contributed by atoms with Crippen LogP contribution in [0.15, 0.2) is 35.3 Å². The van der Waals surface area contributed by atoms with Gasteiger partial charge in [0.25, 0.3) is 11.8 Å². The minimum atomic E-state index is -1.44. The van der Waals surface area contributed by atoms with E-state index < -0.39 is 29.5 Å². The van der Waals surface area contributed by atoms with Crippen molar-refractivity contribution in [1.82, 2.24) is 15.7 Å². The molecule has 0 aliphatic carbocycles. The summed E-state index contributed by atoms with van der Waals surface area (Å²) in [7, 11) is 0. The lowest BCUT2D eigenvalue weighted by Gasteiger charge is -2.17. The van der Waals surface area contributed by atoms with Crippen molar-refractivity contribution in [3.8, 4) is 0 Å². The lowest BCUT2D eigenvalue weighted by molar-refractivity contribution is -0.123. The standard InChI is InChI=1S/C12H10F2N4O3/c13-6-1-2-7(8(14)3-6)10(12(20)18-15)17-11(19)9-4-21-5-16-9/h1-5,10H,15H2,(H,17,19)(H,18,20). The van der Waals surface area contributed by atoms with Gasteiger partial charge in [-0.3, -0.25) is 15.0 Å². The number of rotatable bonds is 4. The Morgan fingerprint density at radius 1 is 1.33 bits per heavy atom. The molecular formula is C12H10F2N4O3. The number of amides is 2. The molecule has 9 heteroatoms. The van der Waals surface area contributed by atoms with E-state index in [0.29, 0.717) is 6.07 Å². The first-order valence-electron chi connectivity index (χ1n) is 5.67. The monoisotopic (exact) mass is 296 g/mol. The number of benzene rings is 1. The van der Waals surface area contributed by atoms with Gasteiger partial charge in [0.1, 0.15) is 23.9 Å². The van der Waals surface area contributed by atoms with Gasteiger partial charge in [-0.05, 0) is 6.07 Å². The highest BCUT2D eigenvalue weighted by Gasteiger charge is 2.26. The van der Waals surface area contributed by atoms with Crippen molar-refractivity contribution in [2.24, 2.45) is 5.84 Å². The van der Waals surface area contributed by atoms with E-state index in [-0.39, 0.29) is 11.3 Å². The van der Waals surface area contributed by atoms with Crippen LogP contribution >= 0.6 is 0 Å². The van der Waals surface area contributed by atoms with Crippen molar-refractivity contribution < 1.29 is 22.8 Å². The largest absolute Gasteiger partial charge is 0.451 e. The zero-order valence-electron chi connectivity index (χ0n) is 10.5. The Bertz CT molecular complexity index is 661. The minimum Gasteiger partial charge on any atom is -0.451 e. The van der Waals surface area contributed by atoms with Crippen LogP contribution in [-0.2, 0) is 4.79 Å². The summed E-state index contributed by atoms with van der Waals surface area (Å²) in [5, 5.41) is 2.23. The van der Waals surface area contributed by atoms with Gasteiger partial charge in [-0.25, -0.2) is 19.6 Å². The lowest BCUT2D eigenvalue weighted by Crippen LogP contribution is -2.43. The molecule has 2 amide bonds. The fourth-order valence-electron chi connectivity index (χ4n) is 1.63. The van der Waals surface area contributed by atoms with E-state index in [2.05, 4.69) is 14.7 Å². The zero-order valence-corrected chi connectivity index (χ0v) is 10.5. The third kappa shape index (κ3) is 3.20. The summed E-state index contributed by atoms with van der Waals surface area (Å²) >= 11 is 0. The summed E-state index contributed by atoms with van der Waals surface area (Å²) in [6.45, 7) is 0. The Morgan fingerprint density at radius 2 is 2.10 bits per heavy atom. The highest BCUT2D eigenvalue weighted by molar-refractivity contribution is 5.96. The van der Waals surface area contributed by atoms with Gasteiger partial charge in [-0.2, -0.15) is 0 Å². The number of aromatic nitrogens is 1. The maximum Gasteiger partial charge on any atom is 0.274 e. The van der Waals surface area contributed by atoms with E-state index >= 15 is 0 Å². The number of halogens is 2. The number of carbonyl (C=O) groups is 2. The molecule has 0 aliphatic rings. The first-order chi connectivity index (χ1) is 10.0. The van der Waals surface area contributed by atoms with E-state index in [1.165, 1.54) is 0 Å². The average Bonchev–Trinajstić information content (AvgIpc) is 2.98. The van der Waals surface area contributed by atoms with Crippen molar-refractivity contribution in [2.45, 2.75) is 6.04 Å². The number of nitrogens with two attached hydrogens (primary N) is 1. The summed E-state index contributed by atoms with van der Waals surface area (Å²) in [6.07, 6.45) is 2.07. The minimum absolute atomic E-state index is 0.104. The molecule has 1 aromatic heterocycles. The van der Waals surface area contributed by atoms with E-state index in [4.69, 9.17) is 5.84 Å².